The number of fused-ring (bicyclic) bond motifs is 1. The highest BCUT2D eigenvalue weighted by Gasteiger charge is 2.32. The number of aliphatic hydroxyl groups is 1. The zero-order chi connectivity index (χ0) is 19.0. The normalized spacial score (nSPS) is 22.4. The van der Waals surface area contributed by atoms with E-state index in [0.29, 0.717) is 48.7 Å². The quantitative estimate of drug-likeness (QED) is 0.744. The fourth-order valence-electron chi connectivity index (χ4n) is 3.96. The van der Waals surface area contributed by atoms with Crippen LogP contribution in [-0.2, 0) is 6.42 Å². The molecule has 0 radical (unpaired) electrons. The number of hydrogen-bond acceptors (Lipinski definition) is 6. The number of nitrogens with zero attached hydrogens (tertiary/aromatic N) is 3. The maximum absolute atomic E-state index is 12.8. The Bertz CT molecular complexity index is 864. The molecule has 3 N–H and O–H groups in total. The number of hydrogen-bond donors (Lipinski definition) is 3. The van der Waals surface area contributed by atoms with Crippen molar-refractivity contribution in [1.82, 2.24) is 20.3 Å². The van der Waals surface area contributed by atoms with Crippen molar-refractivity contribution in [3.8, 4) is 0 Å². The first-order valence-corrected chi connectivity index (χ1v) is 9.30. The molecule has 1 aliphatic carbocycles. The van der Waals surface area contributed by atoms with Crippen LogP contribution in [0.5, 0.6) is 0 Å². The molecule has 0 aromatic carbocycles. The van der Waals surface area contributed by atoms with Crippen LogP contribution in [0.15, 0.2) is 18.5 Å². The molecule has 2 aromatic rings. The van der Waals surface area contributed by atoms with Gasteiger partial charge >= 0.3 is 0 Å². The Morgan fingerprint density at radius 3 is 2.85 bits per heavy atom. The lowest BCUT2D eigenvalue weighted by molar-refractivity contribution is 0.0780. The smallest absolute Gasteiger partial charge is 0.268 e. The number of Topliss-reactive ketones (excluding diaryl/α,β-unsaturated/α-hetero) is 1. The molecule has 142 valence electrons. The molecular formula is C19H23N5O3. The van der Waals surface area contributed by atoms with E-state index < -0.39 is 12.1 Å². The molecule has 8 nitrogen and oxygen atoms in total. The Morgan fingerprint density at radius 2 is 2.11 bits per heavy atom. The highest BCUT2D eigenvalue weighted by molar-refractivity contribution is 6.04. The number of aromatic nitrogens is 3. The standard InChI is InChI=1S/C19H23N5O3/c1-11-16-12(4-2-5-15(16)26)22-17(11)18(27)23-13-10-24(9-6-14(13)25)19-20-7-3-8-21-19/h3,7-8,13-14,22,25H,2,4-6,9-10H2,1H3,(H,23,27)/t13-,14+/m1/s1. The largest absolute Gasteiger partial charge is 0.391 e. The van der Waals surface area contributed by atoms with E-state index in [-0.39, 0.29) is 11.7 Å². The monoisotopic (exact) mass is 369 g/mol. The van der Waals surface area contributed by atoms with E-state index in [4.69, 9.17) is 0 Å². The number of ketones is 1. The Hall–Kier alpha value is -2.74. The molecule has 2 atom stereocenters. The predicted molar refractivity (Wildman–Crippen MR) is 98.9 cm³/mol. The van der Waals surface area contributed by atoms with Gasteiger partial charge in [-0.05, 0) is 37.8 Å². The van der Waals surface area contributed by atoms with Gasteiger partial charge in [-0.3, -0.25) is 9.59 Å². The van der Waals surface area contributed by atoms with Gasteiger partial charge in [-0.25, -0.2) is 9.97 Å². The Morgan fingerprint density at radius 1 is 1.33 bits per heavy atom. The number of carbonyl (C=O) groups excluding carboxylic acids is 2. The number of amides is 1. The number of rotatable bonds is 3. The van der Waals surface area contributed by atoms with Gasteiger partial charge in [0.15, 0.2) is 5.78 Å². The van der Waals surface area contributed by atoms with E-state index >= 15 is 0 Å². The summed E-state index contributed by atoms with van der Waals surface area (Å²) in [5.74, 6) is 0.379. The number of nitrogens with one attached hydrogen (secondary N) is 2. The summed E-state index contributed by atoms with van der Waals surface area (Å²) in [6.45, 7) is 2.85. The average molecular weight is 369 g/mol. The molecule has 0 unspecified atom stereocenters. The average Bonchev–Trinajstić information content (AvgIpc) is 3.02. The van der Waals surface area contributed by atoms with Crippen molar-refractivity contribution in [3.05, 3.63) is 41.0 Å². The maximum Gasteiger partial charge on any atom is 0.268 e. The summed E-state index contributed by atoms with van der Waals surface area (Å²) >= 11 is 0. The molecule has 1 saturated heterocycles. The highest BCUT2D eigenvalue weighted by atomic mass is 16.3. The Labute approximate surface area is 157 Å². The van der Waals surface area contributed by atoms with Crippen LogP contribution in [0.3, 0.4) is 0 Å². The van der Waals surface area contributed by atoms with E-state index in [1.807, 2.05) is 4.90 Å². The van der Waals surface area contributed by atoms with E-state index in [1.165, 1.54) is 0 Å². The fraction of sp³-hybridized carbons (Fsp3) is 0.474. The zero-order valence-corrected chi connectivity index (χ0v) is 15.2. The van der Waals surface area contributed by atoms with Crippen LogP contribution in [0.1, 0.15) is 51.4 Å². The molecule has 8 heteroatoms. The minimum absolute atomic E-state index is 0.0918. The second-order valence-corrected chi connectivity index (χ2v) is 7.19. The third kappa shape index (κ3) is 3.32. The summed E-state index contributed by atoms with van der Waals surface area (Å²) in [5.41, 5.74) is 2.61. The van der Waals surface area contributed by atoms with E-state index in [0.717, 1.165) is 18.5 Å². The SMILES string of the molecule is Cc1c(C(=O)N[C@@H]2CN(c3ncccn3)CC[C@@H]2O)[nH]c2c1C(=O)CCC2. The molecule has 2 aromatic heterocycles. The van der Waals surface area contributed by atoms with Crippen LogP contribution in [0.25, 0.3) is 0 Å². The first-order valence-electron chi connectivity index (χ1n) is 9.30. The number of aromatic amines is 1. The van der Waals surface area contributed by atoms with E-state index in [9.17, 15) is 14.7 Å². The van der Waals surface area contributed by atoms with Gasteiger partial charge in [0, 0.05) is 43.2 Å². The molecule has 4 rings (SSSR count). The first-order chi connectivity index (χ1) is 13.0. The molecular weight excluding hydrogens is 346 g/mol. The summed E-state index contributed by atoms with van der Waals surface area (Å²) in [7, 11) is 0. The van der Waals surface area contributed by atoms with Crippen molar-refractivity contribution >= 4 is 17.6 Å². The molecule has 27 heavy (non-hydrogen) atoms. The fourth-order valence-corrected chi connectivity index (χ4v) is 3.96. The van der Waals surface area contributed by atoms with Crippen LogP contribution in [-0.4, -0.2) is 57.0 Å². The summed E-state index contributed by atoms with van der Waals surface area (Å²) in [6, 6.07) is 1.31. The predicted octanol–water partition coefficient (Wildman–Crippen LogP) is 1.00. The van der Waals surface area contributed by atoms with Gasteiger partial charge in [0.25, 0.3) is 5.91 Å². The number of carbonyl (C=O) groups is 2. The van der Waals surface area contributed by atoms with Crippen molar-refractivity contribution in [3.63, 3.8) is 0 Å². The van der Waals surface area contributed by atoms with Crippen molar-refractivity contribution in [2.75, 3.05) is 18.0 Å². The van der Waals surface area contributed by atoms with Gasteiger partial charge in [0.2, 0.25) is 5.95 Å². The number of anilines is 1. The third-order valence-electron chi connectivity index (χ3n) is 5.39. The number of H-pyrrole nitrogens is 1. The molecule has 0 saturated carbocycles. The first kappa shape index (κ1) is 17.7. The Kier molecular flexibility index (Phi) is 4.65. The van der Waals surface area contributed by atoms with Crippen LogP contribution in [0, 0.1) is 6.92 Å². The molecule has 1 fully saturated rings. The lowest BCUT2D eigenvalue weighted by atomic mass is 9.93. The van der Waals surface area contributed by atoms with E-state index in [2.05, 4.69) is 20.3 Å². The minimum Gasteiger partial charge on any atom is -0.391 e. The molecule has 1 amide bonds. The lowest BCUT2D eigenvalue weighted by Crippen LogP contribution is -2.55. The summed E-state index contributed by atoms with van der Waals surface area (Å²) in [4.78, 5) is 38.6. The third-order valence-corrected chi connectivity index (χ3v) is 5.39. The van der Waals surface area contributed by atoms with Gasteiger partial charge in [-0.15, -0.1) is 0 Å². The van der Waals surface area contributed by atoms with Crippen molar-refractivity contribution < 1.29 is 14.7 Å². The minimum atomic E-state index is -0.638. The highest BCUT2D eigenvalue weighted by Crippen LogP contribution is 2.26. The van der Waals surface area contributed by atoms with Gasteiger partial charge in [-0.1, -0.05) is 0 Å². The molecule has 0 spiro atoms. The molecule has 3 heterocycles. The van der Waals surface area contributed by atoms with Crippen LogP contribution >= 0.6 is 0 Å². The number of aryl methyl sites for hydroxylation is 1. The number of piperidine rings is 1. The van der Waals surface area contributed by atoms with Gasteiger partial charge in [0.05, 0.1) is 12.1 Å². The summed E-state index contributed by atoms with van der Waals surface area (Å²) < 4.78 is 0. The topological polar surface area (TPSA) is 111 Å². The van der Waals surface area contributed by atoms with Crippen LogP contribution in [0.2, 0.25) is 0 Å². The van der Waals surface area contributed by atoms with Crippen molar-refractivity contribution in [2.24, 2.45) is 0 Å². The van der Waals surface area contributed by atoms with Crippen molar-refractivity contribution in [2.45, 2.75) is 44.8 Å². The molecule has 0 bridgehead atoms. The molecule has 2 aliphatic rings. The number of aliphatic hydroxyl groups excluding tert-OH is 1. The second kappa shape index (κ2) is 7.11. The van der Waals surface area contributed by atoms with Crippen LogP contribution < -0.4 is 10.2 Å². The zero-order valence-electron chi connectivity index (χ0n) is 15.2. The summed E-state index contributed by atoms with van der Waals surface area (Å²) in [5, 5.41) is 13.3. The summed E-state index contributed by atoms with van der Waals surface area (Å²) in [6.07, 6.45) is 5.33. The van der Waals surface area contributed by atoms with Gasteiger partial charge in [0.1, 0.15) is 5.69 Å². The molecule has 1 aliphatic heterocycles. The van der Waals surface area contributed by atoms with Gasteiger partial charge < -0.3 is 20.3 Å². The second-order valence-electron chi connectivity index (χ2n) is 7.19. The lowest BCUT2D eigenvalue weighted by Gasteiger charge is -2.36. The maximum atomic E-state index is 12.8. The van der Waals surface area contributed by atoms with Gasteiger partial charge in [-0.2, -0.15) is 0 Å². The van der Waals surface area contributed by atoms with Crippen molar-refractivity contribution in [1.29, 1.82) is 0 Å². The van der Waals surface area contributed by atoms with Crippen LogP contribution in [0.4, 0.5) is 5.95 Å². The van der Waals surface area contributed by atoms with E-state index in [1.54, 1.807) is 25.4 Å². The Balaban J connectivity index is 1.51.